The Bertz CT molecular complexity index is 1090. The largest absolute Gasteiger partial charge is 0.507 e. The quantitative estimate of drug-likeness (QED) is 0.462. The minimum absolute atomic E-state index is 0. The number of amidine groups is 1. The number of halogens is 1. The first-order chi connectivity index (χ1) is 15.2. The van der Waals surface area contributed by atoms with Gasteiger partial charge in [0, 0.05) is 34.4 Å². The monoisotopic (exact) mass is 531 g/mol. The van der Waals surface area contributed by atoms with E-state index in [4.69, 9.17) is 10.1 Å². The number of ketones is 1. The molecule has 0 spiro atoms. The van der Waals surface area contributed by atoms with Gasteiger partial charge in [0.15, 0.2) is 5.78 Å². The molecule has 0 atom stereocenters. The fourth-order valence-electron chi connectivity index (χ4n) is 4.38. The maximum Gasteiger partial charge on any atom is 0.182 e. The van der Waals surface area contributed by atoms with Crippen molar-refractivity contribution in [2.45, 2.75) is 79.7 Å². The van der Waals surface area contributed by atoms with Crippen LogP contribution in [0.5, 0.6) is 11.5 Å². The molecule has 0 saturated carbocycles. The van der Waals surface area contributed by atoms with E-state index in [1.165, 1.54) is 0 Å². The lowest BCUT2D eigenvalue weighted by Gasteiger charge is -2.28. The average molecular weight is 533 g/mol. The number of rotatable bonds is 5. The van der Waals surface area contributed by atoms with Crippen molar-refractivity contribution in [1.82, 2.24) is 9.88 Å². The Morgan fingerprint density at radius 3 is 2.12 bits per heavy atom. The van der Waals surface area contributed by atoms with Crippen LogP contribution in [0.3, 0.4) is 0 Å². The molecule has 0 saturated heterocycles. The van der Waals surface area contributed by atoms with Crippen molar-refractivity contribution in [2.24, 2.45) is 0 Å². The number of phenolic OH excluding ortho intramolecular Hbond substituents is 1. The van der Waals surface area contributed by atoms with E-state index in [0.717, 1.165) is 33.7 Å². The highest BCUT2D eigenvalue weighted by atomic mass is 79.9. The molecule has 3 rings (SSSR count). The summed E-state index contributed by atoms with van der Waals surface area (Å²) >= 11 is 0. The normalized spacial score (nSPS) is 13.6. The first-order valence-corrected chi connectivity index (χ1v) is 11.5. The van der Waals surface area contributed by atoms with Crippen molar-refractivity contribution in [3.63, 3.8) is 0 Å². The van der Waals surface area contributed by atoms with E-state index in [2.05, 4.69) is 4.98 Å². The van der Waals surface area contributed by atoms with Crippen LogP contribution >= 0.6 is 17.0 Å². The first-order valence-electron chi connectivity index (χ1n) is 11.5. The molecular formula is C27H38BrN3O3. The van der Waals surface area contributed by atoms with Crippen LogP contribution in [0.2, 0.25) is 0 Å². The predicted octanol–water partition coefficient (Wildman–Crippen LogP) is 6.00. The molecule has 2 heterocycles. The van der Waals surface area contributed by atoms with E-state index in [0.29, 0.717) is 24.4 Å². The van der Waals surface area contributed by atoms with Crippen LogP contribution in [0, 0.1) is 19.3 Å². The van der Waals surface area contributed by atoms with Gasteiger partial charge in [-0.05, 0) is 43.7 Å². The Balaban J connectivity index is 0.00000408. The summed E-state index contributed by atoms with van der Waals surface area (Å²) in [6.07, 6.45) is 0. The molecule has 1 aromatic carbocycles. The number of aromatic hydroxyl groups is 1. The number of nitrogens with zero attached hydrogens (tertiary/aromatic N) is 2. The van der Waals surface area contributed by atoms with Gasteiger partial charge < -0.3 is 14.7 Å². The maximum atomic E-state index is 13.4. The SMILES string of the molecule is Br.CCOc1c(C)nc2c(c1C)CN(CC(=O)c1cc(C(C)(C)C)c(O)c(C(C)(C)C)c1)C2=N. The van der Waals surface area contributed by atoms with Crippen LogP contribution in [0.25, 0.3) is 0 Å². The van der Waals surface area contributed by atoms with Gasteiger partial charge in [-0.15, -0.1) is 17.0 Å². The summed E-state index contributed by atoms with van der Waals surface area (Å²) in [5.74, 6) is 1.20. The van der Waals surface area contributed by atoms with Crippen molar-refractivity contribution in [3.8, 4) is 11.5 Å². The highest BCUT2D eigenvalue weighted by molar-refractivity contribution is 8.93. The lowest BCUT2D eigenvalue weighted by Crippen LogP contribution is -2.31. The van der Waals surface area contributed by atoms with Gasteiger partial charge in [0.05, 0.1) is 18.8 Å². The number of nitrogens with one attached hydrogen (secondary N) is 1. The number of ether oxygens (including phenoxy) is 1. The summed E-state index contributed by atoms with van der Waals surface area (Å²) in [6, 6.07) is 3.61. The minimum atomic E-state index is -0.314. The molecule has 2 N–H and O–H groups in total. The van der Waals surface area contributed by atoms with Gasteiger partial charge in [0.2, 0.25) is 0 Å². The van der Waals surface area contributed by atoms with E-state index >= 15 is 0 Å². The molecule has 0 aliphatic carbocycles. The number of aromatic nitrogens is 1. The molecule has 1 aliphatic heterocycles. The van der Waals surface area contributed by atoms with Gasteiger partial charge >= 0.3 is 0 Å². The lowest BCUT2D eigenvalue weighted by molar-refractivity contribution is 0.0962. The first kappa shape index (κ1) is 27.8. The van der Waals surface area contributed by atoms with E-state index in [1.807, 2.05) is 62.3 Å². The molecule has 6 nitrogen and oxygen atoms in total. The van der Waals surface area contributed by atoms with Crippen LogP contribution in [0.1, 0.15) is 92.5 Å². The zero-order valence-corrected chi connectivity index (χ0v) is 23.6. The topological polar surface area (TPSA) is 86.5 Å². The van der Waals surface area contributed by atoms with Crippen LogP contribution in [0.15, 0.2) is 12.1 Å². The van der Waals surface area contributed by atoms with Crippen molar-refractivity contribution in [2.75, 3.05) is 13.2 Å². The average Bonchev–Trinajstić information content (AvgIpc) is 2.99. The van der Waals surface area contributed by atoms with Crippen LogP contribution in [0.4, 0.5) is 0 Å². The zero-order valence-electron chi connectivity index (χ0n) is 21.8. The van der Waals surface area contributed by atoms with Crippen LogP contribution < -0.4 is 4.74 Å². The third-order valence-electron chi connectivity index (χ3n) is 6.25. The molecule has 0 unspecified atom stereocenters. The third kappa shape index (κ3) is 5.14. The number of fused-ring (bicyclic) bond motifs is 1. The van der Waals surface area contributed by atoms with Gasteiger partial charge in [-0.25, -0.2) is 4.98 Å². The van der Waals surface area contributed by atoms with Crippen molar-refractivity contribution in [3.05, 3.63) is 51.3 Å². The molecule has 7 heteroatoms. The summed E-state index contributed by atoms with van der Waals surface area (Å²) < 4.78 is 5.77. The van der Waals surface area contributed by atoms with Gasteiger partial charge in [0.25, 0.3) is 0 Å². The Kier molecular flexibility index (Phi) is 7.93. The summed E-state index contributed by atoms with van der Waals surface area (Å²) in [6.45, 7) is 19.1. The summed E-state index contributed by atoms with van der Waals surface area (Å²) in [4.78, 5) is 19.8. The standard InChI is InChI=1S/C27H37N3O3.BrH/c1-10-33-24-15(2)18-13-30(25(28)22(18)29-16(24)3)14-21(31)17-11-19(26(4,5)6)23(32)20(12-17)27(7,8)9;/h11-12,28,32H,10,13-14H2,1-9H3;1H. The second kappa shape index (κ2) is 9.68. The Labute approximate surface area is 214 Å². The molecule has 2 aromatic rings. The van der Waals surface area contributed by atoms with Gasteiger partial charge in [-0.2, -0.15) is 0 Å². The van der Waals surface area contributed by atoms with Gasteiger partial charge in [-0.1, -0.05) is 41.5 Å². The second-order valence-electron chi connectivity index (χ2n) is 11.0. The number of phenols is 1. The van der Waals surface area contributed by atoms with Gasteiger partial charge in [-0.3, -0.25) is 10.2 Å². The number of Topliss-reactive ketones (excluding diaryl/α,β-unsaturated/α-hetero) is 1. The van der Waals surface area contributed by atoms with E-state index < -0.39 is 0 Å². The van der Waals surface area contributed by atoms with E-state index in [9.17, 15) is 9.90 Å². The molecule has 1 aromatic heterocycles. The molecule has 0 radical (unpaired) electrons. The fraction of sp³-hybridized carbons (Fsp3) is 0.519. The molecule has 1 aliphatic rings. The van der Waals surface area contributed by atoms with E-state index in [1.54, 1.807) is 17.0 Å². The van der Waals surface area contributed by atoms with Crippen molar-refractivity contribution >= 4 is 28.6 Å². The predicted molar refractivity (Wildman–Crippen MR) is 142 cm³/mol. The second-order valence-corrected chi connectivity index (χ2v) is 11.0. The molecule has 186 valence electrons. The fourth-order valence-corrected chi connectivity index (χ4v) is 4.38. The number of carbonyl (C=O) groups is 1. The molecular weight excluding hydrogens is 494 g/mol. The van der Waals surface area contributed by atoms with Crippen LogP contribution in [-0.2, 0) is 17.4 Å². The Morgan fingerprint density at radius 1 is 1.12 bits per heavy atom. The van der Waals surface area contributed by atoms with Gasteiger partial charge in [0.1, 0.15) is 23.0 Å². The summed E-state index contributed by atoms with van der Waals surface area (Å²) in [5, 5.41) is 19.6. The smallest absolute Gasteiger partial charge is 0.182 e. The molecule has 34 heavy (non-hydrogen) atoms. The molecule has 0 amide bonds. The number of hydrogen-bond acceptors (Lipinski definition) is 5. The Hall–Kier alpha value is -2.41. The minimum Gasteiger partial charge on any atom is -0.507 e. The molecule has 0 fully saturated rings. The summed E-state index contributed by atoms with van der Waals surface area (Å²) in [5.41, 5.74) is 4.75. The van der Waals surface area contributed by atoms with Crippen molar-refractivity contribution < 1.29 is 14.6 Å². The van der Waals surface area contributed by atoms with Crippen LogP contribution in [-0.4, -0.2) is 39.8 Å². The number of carbonyl (C=O) groups excluding carboxylic acids is 1. The highest BCUT2D eigenvalue weighted by Gasteiger charge is 2.32. The van der Waals surface area contributed by atoms with Crippen molar-refractivity contribution in [1.29, 1.82) is 5.41 Å². The number of hydrogen-bond donors (Lipinski definition) is 2. The Morgan fingerprint density at radius 2 is 1.65 bits per heavy atom. The highest BCUT2D eigenvalue weighted by Crippen LogP contribution is 2.40. The lowest BCUT2D eigenvalue weighted by atomic mass is 9.78. The molecule has 0 bridgehead atoms. The summed E-state index contributed by atoms with van der Waals surface area (Å²) in [7, 11) is 0. The number of benzene rings is 1. The zero-order chi connectivity index (χ0) is 24.9. The number of aryl methyl sites for hydroxylation is 1. The number of pyridine rings is 1. The maximum absolute atomic E-state index is 13.4. The third-order valence-corrected chi connectivity index (χ3v) is 6.25. The van der Waals surface area contributed by atoms with E-state index in [-0.39, 0.29) is 51.7 Å².